The van der Waals surface area contributed by atoms with Crippen LogP contribution in [0.1, 0.15) is 22.9 Å². The van der Waals surface area contributed by atoms with E-state index in [4.69, 9.17) is 0 Å². The first kappa shape index (κ1) is 18.5. The number of halogens is 6. The fraction of sp³-hybridized carbons (Fsp3) is 0.353. The van der Waals surface area contributed by atoms with Crippen molar-refractivity contribution in [2.24, 2.45) is 0 Å². The summed E-state index contributed by atoms with van der Waals surface area (Å²) in [7, 11) is 1.19. The van der Waals surface area contributed by atoms with Gasteiger partial charge in [-0.25, -0.2) is 13.2 Å². The van der Waals surface area contributed by atoms with Gasteiger partial charge in [-0.05, 0) is 49.2 Å². The molecule has 3 nitrogen and oxygen atoms in total. The van der Waals surface area contributed by atoms with Crippen molar-refractivity contribution >= 4 is 5.69 Å². The van der Waals surface area contributed by atoms with Gasteiger partial charge in [-0.1, -0.05) is 0 Å². The monoisotopic (exact) mass is 375 g/mol. The van der Waals surface area contributed by atoms with Crippen LogP contribution in [0.25, 0.3) is 0 Å². The Kier molecular flexibility index (Phi) is 4.83. The zero-order chi connectivity index (χ0) is 19.1. The van der Waals surface area contributed by atoms with E-state index < -0.39 is 29.7 Å². The molecule has 0 saturated heterocycles. The van der Waals surface area contributed by atoms with E-state index in [1.165, 1.54) is 25.4 Å². The van der Waals surface area contributed by atoms with Gasteiger partial charge < -0.3 is 10.6 Å². The third kappa shape index (κ3) is 3.48. The summed E-state index contributed by atoms with van der Waals surface area (Å²) in [6, 6.07) is 1.42. The number of hydrogen-bond acceptors (Lipinski definition) is 3. The molecule has 3 rings (SSSR count). The van der Waals surface area contributed by atoms with Gasteiger partial charge in [0, 0.05) is 6.04 Å². The molecule has 2 unspecified atom stereocenters. The Balaban J connectivity index is 1.72. The summed E-state index contributed by atoms with van der Waals surface area (Å²) < 4.78 is 79.0. The van der Waals surface area contributed by atoms with E-state index in [0.717, 1.165) is 6.07 Å². The molecule has 9 heteroatoms. The number of anilines is 1. The van der Waals surface area contributed by atoms with Crippen LogP contribution < -0.4 is 10.6 Å². The second kappa shape index (κ2) is 6.79. The molecule has 1 aliphatic rings. The standard InChI is InChI=1S/C17H15F6N3/c1-24-16(17(21,22)23)13-3-2-9(7-25-13)26-10-4-8-5-12(18)15(20)14(19)11(8)6-10/h2-3,5,7,10,16,24,26H,4,6H2,1H3. The average Bonchev–Trinajstić information content (AvgIpc) is 2.96. The molecule has 2 atom stereocenters. The van der Waals surface area contributed by atoms with Crippen LogP contribution in [-0.4, -0.2) is 24.2 Å². The molecule has 26 heavy (non-hydrogen) atoms. The summed E-state index contributed by atoms with van der Waals surface area (Å²) in [6.07, 6.45) is -2.82. The van der Waals surface area contributed by atoms with Crippen LogP contribution in [-0.2, 0) is 12.8 Å². The second-order valence-corrected chi connectivity index (χ2v) is 6.11. The van der Waals surface area contributed by atoms with E-state index in [9.17, 15) is 26.3 Å². The smallest absolute Gasteiger partial charge is 0.380 e. The number of alkyl halides is 3. The van der Waals surface area contributed by atoms with Crippen molar-refractivity contribution in [3.05, 3.63) is 58.7 Å². The van der Waals surface area contributed by atoms with Crippen molar-refractivity contribution < 1.29 is 26.3 Å². The van der Waals surface area contributed by atoms with Gasteiger partial charge in [0.1, 0.15) is 6.04 Å². The zero-order valence-electron chi connectivity index (χ0n) is 13.6. The maximum atomic E-state index is 13.8. The summed E-state index contributed by atoms with van der Waals surface area (Å²) in [6.45, 7) is 0. The Bertz CT molecular complexity index is 804. The molecule has 0 saturated carbocycles. The molecule has 140 valence electrons. The molecule has 1 aliphatic carbocycles. The Morgan fingerprint density at radius 3 is 2.42 bits per heavy atom. The van der Waals surface area contributed by atoms with Gasteiger partial charge in [0.05, 0.1) is 17.6 Å². The van der Waals surface area contributed by atoms with Crippen LogP contribution in [0.5, 0.6) is 0 Å². The predicted octanol–water partition coefficient (Wildman–Crippen LogP) is 3.90. The van der Waals surface area contributed by atoms with Crippen molar-refractivity contribution in [2.45, 2.75) is 31.1 Å². The summed E-state index contributed by atoms with van der Waals surface area (Å²) in [5, 5.41) is 5.16. The first-order valence-corrected chi connectivity index (χ1v) is 7.82. The number of benzene rings is 1. The number of pyridine rings is 1. The predicted molar refractivity (Wildman–Crippen MR) is 83.2 cm³/mol. The van der Waals surface area contributed by atoms with Gasteiger partial charge in [-0.3, -0.25) is 4.98 Å². The number of nitrogens with zero attached hydrogens (tertiary/aromatic N) is 1. The highest BCUT2D eigenvalue weighted by atomic mass is 19.4. The number of hydrogen-bond donors (Lipinski definition) is 2. The molecule has 1 aromatic heterocycles. The lowest BCUT2D eigenvalue weighted by atomic mass is 10.1. The highest BCUT2D eigenvalue weighted by molar-refractivity contribution is 5.46. The Morgan fingerprint density at radius 1 is 1.12 bits per heavy atom. The normalized spacial score (nSPS) is 17.9. The minimum atomic E-state index is -4.48. The van der Waals surface area contributed by atoms with Gasteiger partial charge in [-0.2, -0.15) is 13.2 Å². The first-order chi connectivity index (χ1) is 12.2. The molecule has 2 aromatic rings. The molecule has 0 radical (unpaired) electrons. The fourth-order valence-corrected chi connectivity index (χ4v) is 3.15. The number of nitrogens with one attached hydrogen (secondary N) is 2. The van der Waals surface area contributed by atoms with Crippen molar-refractivity contribution in [1.29, 1.82) is 0 Å². The van der Waals surface area contributed by atoms with Gasteiger partial charge >= 0.3 is 6.18 Å². The zero-order valence-corrected chi connectivity index (χ0v) is 13.6. The van der Waals surface area contributed by atoms with Gasteiger partial charge in [0.25, 0.3) is 0 Å². The van der Waals surface area contributed by atoms with Crippen LogP contribution >= 0.6 is 0 Å². The van der Waals surface area contributed by atoms with Crippen molar-refractivity contribution in [1.82, 2.24) is 10.3 Å². The van der Waals surface area contributed by atoms with E-state index in [-0.39, 0.29) is 30.1 Å². The molecule has 0 amide bonds. The molecule has 1 heterocycles. The second-order valence-electron chi connectivity index (χ2n) is 6.11. The Hall–Kier alpha value is -2.29. The average molecular weight is 375 g/mol. The topological polar surface area (TPSA) is 37.0 Å². The molecular weight excluding hydrogens is 360 g/mol. The maximum Gasteiger partial charge on any atom is 0.409 e. The van der Waals surface area contributed by atoms with E-state index in [0.29, 0.717) is 11.3 Å². The van der Waals surface area contributed by atoms with Crippen molar-refractivity contribution in [3.8, 4) is 0 Å². The van der Waals surface area contributed by atoms with E-state index in [1.54, 1.807) is 0 Å². The van der Waals surface area contributed by atoms with Crippen LogP contribution in [0, 0.1) is 17.5 Å². The van der Waals surface area contributed by atoms with Gasteiger partial charge in [0.15, 0.2) is 17.5 Å². The summed E-state index contributed by atoms with van der Waals surface area (Å²) in [5.74, 6) is -3.93. The van der Waals surface area contributed by atoms with Crippen LogP contribution in [0.4, 0.5) is 32.0 Å². The highest BCUT2D eigenvalue weighted by Crippen LogP contribution is 2.32. The quantitative estimate of drug-likeness (QED) is 0.629. The third-order valence-electron chi connectivity index (χ3n) is 4.34. The minimum Gasteiger partial charge on any atom is -0.380 e. The van der Waals surface area contributed by atoms with Gasteiger partial charge in [-0.15, -0.1) is 0 Å². The molecule has 0 bridgehead atoms. The number of rotatable bonds is 4. The van der Waals surface area contributed by atoms with Crippen LogP contribution in [0.15, 0.2) is 24.4 Å². The first-order valence-electron chi connectivity index (χ1n) is 7.82. The lowest BCUT2D eigenvalue weighted by molar-refractivity contribution is -0.157. The highest BCUT2D eigenvalue weighted by Gasteiger charge is 2.40. The van der Waals surface area contributed by atoms with Gasteiger partial charge in [0.2, 0.25) is 0 Å². The minimum absolute atomic E-state index is 0.110. The van der Waals surface area contributed by atoms with Crippen LogP contribution in [0.2, 0.25) is 0 Å². The lowest BCUT2D eigenvalue weighted by Crippen LogP contribution is -2.32. The van der Waals surface area contributed by atoms with E-state index >= 15 is 0 Å². The lowest BCUT2D eigenvalue weighted by Gasteiger charge is -2.19. The molecule has 0 aliphatic heterocycles. The largest absolute Gasteiger partial charge is 0.409 e. The number of aromatic nitrogens is 1. The fourth-order valence-electron chi connectivity index (χ4n) is 3.15. The summed E-state index contributed by atoms with van der Waals surface area (Å²) in [4.78, 5) is 3.81. The SMILES string of the molecule is CNC(c1ccc(NC2Cc3cc(F)c(F)c(F)c3C2)cn1)C(F)(F)F. The summed E-state index contributed by atoms with van der Waals surface area (Å²) >= 11 is 0. The van der Waals surface area contributed by atoms with Crippen molar-refractivity contribution in [3.63, 3.8) is 0 Å². The number of fused-ring (bicyclic) bond motifs is 1. The maximum absolute atomic E-state index is 13.8. The molecule has 1 aromatic carbocycles. The summed E-state index contributed by atoms with van der Waals surface area (Å²) in [5.41, 5.74) is 0.731. The van der Waals surface area contributed by atoms with E-state index in [1.807, 2.05) is 0 Å². The van der Waals surface area contributed by atoms with Crippen LogP contribution in [0.3, 0.4) is 0 Å². The Morgan fingerprint density at radius 2 is 1.85 bits per heavy atom. The third-order valence-corrected chi connectivity index (χ3v) is 4.34. The van der Waals surface area contributed by atoms with Crippen molar-refractivity contribution in [2.75, 3.05) is 12.4 Å². The Labute approximate surface area is 145 Å². The molecular formula is C17H15F6N3. The molecule has 0 spiro atoms. The van der Waals surface area contributed by atoms with E-state index in [2.05, 4.69) is 15.6 Å². The molecule has 2 N–H and O–H groups in total. The molecule has 0 fully saturated rings.